The van der Waals surface area contributed by atoms with Crippen molar-refractivity contribution in [2.24, 2.45) is 0 Å². The molecule has 0 unspecified atom stereocenters. The average Bonchev–Trinajstić information content (AvgIpc) is 3.12. The number of anilines is 2. The molecule has 3 heterocycles. The number of nitrogens with zero attached hydrogens (tertiary/aromatic N) is 2. The van der Waals surface area contributed by atoms with E-state index in [0.717, 1.165) is 28.8 Å². The first-order valence-corrected chi connectivity index (χ1v) is 8.02. The van der Waals surface area contributed by atoms with E-state index in [-0.39, 0.29) is 0 Å². The minimum atomic E-state index is -4.40. The summed E-state index contributed by atoms with van der Waals surface area (Å²) in [6.45, 7) is 0.506. The Bertz CT molecular complexity index is 943. The lowest BCUT2D eigenvalue weighted by Crippen LogP contribution is -2.05. The Kier molecular flexibility index (Phi) is 3.99. The van der Waals surface area contributed by atoms with Crippen molar-refractivity contribution in [1.82, 2.24) is 9.97 Å². The van der Waals surface area contributed by atoms with Crippen LogP contribution in [-0.2, 0) is 12.6 Å². The van der Waals surface area contributed by atoms with Gasteiger partial charge in [0.1, 0.15) is 0 Å². The molecule has 2 aromatic heterocycles. The third-order valence-electron chi connectivity index (χ3n) is 4.16. The molecule has 0 amide bonds. The number of ether oxygens (including phenoxy) is 1. The van der Waals surface area contributed by atoms with Crippen molar-refractivity contribution < 1.29 is 17.9 Å². The molecule has 0 bridgehead atoms. The van der Waals surface area contributed by atoms with Crippen LogP contribution in [0.2, 0.25) is 0 Å². The van der Waals surface area contributed by atoms with Crippen LogP contribution >= 0.6 is 0 Å². The van der Waals surface area contributed by atoms with Crippen molar-refractivity contribution in [2.75, 3.05) is 11.9 Å². The predicted octanol–water partition coefficient (Wildman–Crippen LogP) is 4.84. The lowest BCUT2D eigenvalue weighted by Gasteiger charge is -2.14. The van der Waals surface area contributed by atoms with E-state index < -0.39 is 11.7 Å². The van der Waals surface area contributed by atoms with Gasteiger partial charge in [-0.3, -0.25) is 4.98 Å². The smallest absolute Gasteiger partial charge is 0.416 e. The van der Waals surface area contributed by atoms with Crippen LogP contribution in [0.3, 0.4) is 0 Å². The molecule has 7 heteroatoms. The minimum Gasteiger partial charge on any atom is -0.489 e. The van der Waals surface area contributed by atoms with Gasteiger partial charge in [-0.15, -0.1) is 0 Å². The van der Waals surface area contributed by atoms with E-state index in [2.05, 4.69) is 15.3 Å². The van der Waals surface area contributed by atoms with Crippen LogP contribution in [0.5, 0.6) is 5.75 Å². The topological polar surface area (TPSA) is 47.0 Å². The van der Waals surface area contributed by atoms with Gasteiger partial charge in [0, 0.05) is 47.4 Å². The summed E-state index contributed by atoms with van der Waals surface area (Å²) in [6, 6.07) is 8.78. The summed E-state index contributed by atoms with van der Waals surface area (Å²) in [6.07, 6.45) is 1.44. The van der Waals surface area contributed by atoms with Gasteiger partial charge < -0.3 is 10.1 Å². The number of hydrogen-bond donors (Lipinski definition) is 1. The summed E-state index contributed by atoms with van der Waals surface area (Å²) in [5.41, 5.74) is 2.40. The molecule has 4 nitrogen and oxygen atoms in total. The Morgan fingerprint density at radius 3 is 2.73 bits per heavy atom. The first-order valence-electron chi connectivity index (χ1n) is 8.02. The molecular weight excluding hydrogens is 343 g/mol. The molecule has 4 rings (SSSR count). The Balaban J connectivity index is 1.70. The number of benzene rings is 1. The highest BCUT2D eigenvalue weighted by molar-refractivity contribution is 5.75. The molecule has 1 N–H and O–H groups in total. The maximum atomic E-state index is 12.9. The van der Waals surface area contributed by atoms with E-state index in [1.165, 1.54) is 6.07 Å². The van der Waals surface area contributed by atoms with Crippen molar-refractivity contribution in [2.45, 2.75) is 12.6 Å². The second kappa shape index (κ2) is 6.33. The fourth-order valence-corrected chi connectivity index (χ4v) is 2.96. The summed E-state index contributed by atoms with van der Waals surface area (Å²) in [5, 5.41) is 2.94. The normalized spacial score (nSPS) is 13.2. The maximum absolute atomic E-state index is 12.9. The fourth-order valence-electron chi connectivity index (χ4n) is 2.96. The quantitative estimate of drug-likeness (QED) is 0.729. The zero-order valence-electron chi connectivity index (χ0n) is 13.5. The molecule has 0 radical (unpaired) electrons. The number of fused-ring (bicyclic) bond motifs is 1. The Morgan fingerprint density at radius 2 is 1.96 bits per heavy atom. The first-order chi connectivity index (χ1) is 12.5. The lowest BCUT2D eigenvalue weighted by molar-refractivity contribution is -0.137. The number of halogens is 3. The van der Waals surface area contributed by atoms with Crippen LogP contribution in [-0.4, -0.2) is 16.6 Å². The van der Waals surface area contributed by atoms with Crippen LogP contribution in [0.4, 0.5) is 24.7 Å². The molecule has 0 aliphatic carbocycles. The van der Waals surface area contributed by atoms with E-state index in [1.807, 2.05) is 12.1 Å². The molecule has 0 saturated heterocycles. The van der Waals surface area contributed by atoms with Crippen LogP contribution in [0.15, 0.2) is 55.0 Å². The van der Waals surface area contributed by atoms with E-state index >= 15 is 0 Å². The van der Waals surface area contributed by atoms with Gasteiger partial charge in [-0.1, -0.05) is 12.1 Å². The number of rotatable bonds is 3. The maximum Gasteiger partial charge on any atom is 0.416 e. The fraction of sp³-hybridized carbons (Fsp3) is 0.158. The molecule has 0 fully saturated rings. The van der Waals surface area contributed by atoms with Crippen molar-refractivity contribution in [3.63, 3.8) is 0 Å². The monoisotopic (exact) mass is 357 g/mol. The second-order valence-corrected chi connectivity index (χ2v) is 5.87. The second-order valence-electron chi connectivity index (χ2n) is 5.87. The largest absolute Gasteiger partial charge is 0.489 e. The van der Waals surface area contributed by atoms with E-state index in [0.29, 0.717) is 30.3 Å². The Hall–Kier alpha value is -3.09. The van der Waals surface area contributed by atoms with Gasteiger partial charge in [0.25, 0.3) is 0 Å². The molecule has 132 valence electrons. The van der Waals surface area contributed by atoms with Gasteiger partial charge in [-0.05, 0) is 24.3 Å². The highest BCUT2D eigenvalue weighted by Crippen LogP contribution is 2.40. The van der Waals surface area contributed by atoms with E-state index in [4.69, 9.17) is 4.74 Å². The first kappa shape index (κ1) is 16.4. The third-order valence-corrected chi connectivity index (χ3v) is 4.16. The summed E-state index contributed by atoms with van der Waals surface area (Å²) in [5.74, 6) is 0.980. The SMILES string of the molecule is FC(F)(F)c1cccc(Nc2ncc(-c3cccnc3)c3c2OCC3)c1. The predicted molar refractivity (Wildman–Crippen MR) is 91.4 cm³/mol. The number of aromatic nitrogens is 2. The molecule has 1 aromatic carbocycles. The van der Waals surface area contributed by atoms with Gasteiger partial charge >= 0.3 is 6.18 Å². The molecule has 0 atom stereocenters. The number of hydrogen-bond acceptors (Lipinski definition) is 4. The molecule has 0 spiro atoms. The molecule has 0 saturated carbocycles. The van der Waals surface area contributed by atoms with Gasteiger partial charge in [-0.2, -0.15) is 13.2 Å². The highest BCUT2D eigenvalue weighted by Gasteiger charge is 2.30. The van der Waals surface area contributed by atoms with Crippen LogP contribution in [0, 0.1) is 0 Å². The van der Waals surface area contributed by atoms with Crippen molar-refractivity contribution >= 4 is 11.5 Å². The van der Waals surface area contributed by atoms with Gasteiger partial charge in [0.2, 0.25) is 0 Å². The van der Waals surface area contributed by atoms with Crippen LogP contribution < -0.4 is 10.1 Å². The van der Waals surface area contributed by atoms with Crippen molar-refractivity contribution in [3.8, 4) is 16.9 Å². The number of nitrogens with one attached hydrogen (secondary N) is 1. The summed E-state index contributed by atoms with van der Waals surface area (Å²) in [4.78, 5) is 8.49. The van der Waals surface area contributed by atoms with Crippen molar-refractivity contribution in [3.05, 3.63) is 66.1 Å². The highest BCUT2D eigenvalue weighted by atomic mass is 19.4. The standard InChI is InChI=1S/C19H14F3N3O/c20-19(21,22)13-4-1-5-14(9-13)25-18-17-15(6-8-26-17)16(11-24-18)12-3-2-7-23-10-12/h1-5,7,9-11H,6,8H2,(H,24,25). The summed E-state index contributed by atoms with van der Waals surface area (Å²) < 4.78 is 44.4. The Labute approximate surface area is 147 Å². The third kappa shape index (κ3) is 3.08. The van der Waals surface area contributed by atoms with E-state index in [9.17, 15) is 13.2 Å². The van der Waals surface area contributed by atoms with Crippen LogP contribution in [0.25, 0.3) is 11.1 Å². The lowest BCUT2D eigenvalue weighted by atomic mass is 10.0. The van der Waals surface area contributed by atoms with E-state index in [1.54, 1.807) is 24.7 Å². The molecule has 1 aliphatic rings. The molecule has 3 aromatic rings. The molecule has 26 heavy (non-hydrogen) atoms. The number of alkyl halides is 3. The molecule has 1 aliphatic heterocycles. The minimum absolute atomic E-state index is 0.305. The zero-order valence-corrected chi connectivity index (χ0v) is 13.5. The van der Waals surface area contributed by atoms with Gasteiger partial charge in [0.05, 0.1) is 12.2 Å². The number of pyridine rings is 2. The van der Waals surface area contributed by atoms with Crippen molar-refractivity contribution in [1.29, 1.82) is 0 Å². The molecular formula is C19H14F3N3O. The van der Waals surface area contributed by atoms with Crippen LogP contribution in [0.1, 0.15) is 11.1 Å². The summed E-state index contributed by atoms with van der Waals surface area (Å²) in [7, 11) is 0. The Morgan fingerprint density at radius 1 is 1.08 bits per heavy atom. The van der Waals surface area contributed by atoms with Gasteiger partial charge in [0.15, 0.2) is 11.6 Å². The summed E-state index contributed by atoms with van der Waals surface area (Å²) >= 11 is 0. The van der Waals surface area contributed by atoms with Gasteiger partial charge in [-0.25, -0.2) is 4.98 Å². The average molecular weight is 357 g/mol. The zero-order chi connectivity index (χ0) is 18.1.